The fourth-order valence-electron chi connectivity index (χ4n) is 2.68. The topological polar surface area (TPSA) is 82.0 Å². The highest BCUT2D eigenvalue weighted by molar-refractivity contribution is 5.82. The molecule has 0 aromatic rings. The lowest BCUT2D eigenvalue weighted by Crippen LogP contribution is -2.27. The van der Waals surface area contributed by atoms with Crippen molar-refractivity contribution >= 4 is 11.9 Å². The molecule has 0 bridgehead atoms. The lowest BCUT2D eigenvalue weighted by molar-refractivity contribution is -0.153. The molecule has 0 aromatic carbocycles. The van der Waals surface area contributed by atoms with Crippen LogP contribution in [0.5, 0.6) is 0 Å². The zero-order valence-corrected chi connectivity index (χ0v) is 17.0. The van der Waals surface area contributed by atoms with Crippen molar-refractivity contribution in [3.8, 4) is 0 Å². The van der Waals surface area contributed by atoms with E-state index in [1.807, 2.05) is 6.92 Å². The third kappa shape index (κ3) is 11.2. The van der Waals surface area contributed by atoms with Crippen LogP contribution in [0, 0.1) is 16.7 Å². The maximum atomic E-state index is 12.0. The summed E-state index contributed by atoms with van der Waals surface area (Å²) in [4.78, 5) is 34.9. The molecule has 0 aromatic heterocycles. The summed E-state index contributed by atoms with van der Waals surface area (Å²) >= 11 is 0. The number of nitrogens with zero attached hydrogens (tertiary/aromatic N) is 1. The maximum Gasteiger partial charge on any atom is 0.335 e. The van der Waals surface area contributed by atoms with Crippen molar-refractivity contribution in [2.75, 3.05) is 13.2 Å². The lowest BCUT2D eigenvalue weighted by atomic mass is 10.0. The van der Waals surface area contributed by atoms with Gasteiger partial charge in [0.05, 0.1) is 19.6 Å². The van der Waals surface area contributed by atoms with Gasteiger partial charge >= 0.3 is 11.9 Å². The summed E-state index contributed by atoms with van der Waals surface area (Å²) in [7, 11) is 0. The van der Waals surface area contributed by atoms with E-state index < -0.39 is 18.0 Å². The van der Waals surface area contributed by atoms with Gasteiger partial charge in [-0.25, -0.2) is 4.79 Å². The van der Waals surface area contributed by atoms with Gasteiger partial charge in [-0.15, -0.1) is 4.91 Å². The summed E-state index contributed by atoms with van der Waals surface area (Å²) < 4.78 is 10.4. The molecule has 0 N–H and O–H groups in total. The van der Waals surface area contributed by atoms with Crippen LogP contribution in [0.15, 0.2) is 5.18 Å². The van der Waals surface area contributed by atoms with Gasteiger partial charge in [0.15, 0.2) is 6.04 Å². The van der Waals surface area contributed by atoms with Crippen molar-refractivity contribution in [1.29, 1.82) is 0 Å². The summed E-state index contributed by atoms with van der Waals surface area (Å²) in [5, 5.41) is 2.77. The maximum absolute atomic E-state index is 12.0. The Morgan fingerprint density at radius 2 is 1.35 bits per heavy atom. The Morgan fingerprint density at radius 1 is 0.846 bits per heavy atom. The molecule has 0 fully saturated rings. The van der Waals surface area contributed by atoms with Gasteiger partial charge in [-0.2, -0.15) is 0 Å². The van der Waals surface area contributed by atoms with Crippen LogP contribution in [0.1, 0.15) is 85.5 Å². The molecule has 0 aliphatic heterocycles. The zero-order valence-electron chi connectivity index (χ0n) is 17.0. The Hall–Kier alpha value is -1.46. The molecule has 3 atom stereocenters. The summed E-state index contributed by atoms with van der Waals surface area (Å²) in [6, 6.07) is -1.32. The second kappa shape index (κ2) is 15.8. The molecule has 0 radical (unpaired) electrons. The van der Waals surface area contributed by atoms with Gasteiger partial charge in [0, 0.05) is 0 Å². The Kier molecular flexibility index (Phi) is 14.9. The number of nitroso groups, excluding NO2 is 1. The second-order valence-electron chi connectivity index (χ2n) is 6.97. The van der Waals surface area contributed by atoms with E-state index in [0.29, 0.717) is 12.5 Å². The molecule has 0 spiro atoms. The van der Waals surface area contributed by atoms with Gasteiger partial charge in [-0.1, -0.05) is 71.4 Å². The minimum Gasteiger partial charge on any atom is -0.465 e. The molecule has 0 saturated heterocycles. The molecule has 0 aliphatic rings. The Balaban J connectivity index is 4.30. The van der Waals surface area contributed by atoms with E-state index in [1.54, 1.807) is 0 Å². The summed E-state index contributed by atoms with van der Waals surface area (Å²) in [5.74, 6) is -0.705. The number of hydrogen-bond acceptors (Lipinski definition) is 6. The van der Waals surface area contributed by atoms with Gasteiger partial charge in [0.25, 0.3) is 0 Å². The molecule has 0 amide bonds. The normalized spacial score (nSPS) is 14.3. The first-order chi connectivity index (χ1) is 12.5. The minimum atomic E-state index is -1.32. The smallest absolute Gasteiger partial charge is 0.335 e. The molecule has 6 nitrogen and oxygen atoms in total. The molecule has 0 saturated carbocycles. The lowest BCUT2D eigenvalue weighted by Gasteiger charge is -2.17. The van der Waals surface area contributed by atoms with Crippen LogP contribution in [0.2, 0.25) is 0 Å². The largest absolute Gasteiger partial charge is 0.465 e. The number of esters is 2. The van der Waals surface area contributed by atoms with Crippen LogP contribution in [-0.2, 0) is 19.1 Å². The van der Waals surface area contributed by atoms with E-state index in [2.05, 4.69) is 25.9 Å². The molecule has 152 valence electrons. The first kappa shape index (κ1) is 24.5. The zero-order chi connectivity index (χ0) is 19.8. The van der Waals surface area contributed by atoms with Crippen LogP contribution in [-0.4, -0.2) is 31.2 Å². The molecular weight excluding hydrogens is 334 g/mol. The van der Waals surface area contributed by atoms with Gasteiger partial charge in [-0.3, -0.25) is 4.79 Å². The third-order valence-electron chi connectivity index (χ3n) is 4.79. The van der Waals surface area contributed by atoms with Crippen molar-refractivity contribution in [1.82, 2.24) is 0 Å². The number of carbonyl (C=O) groups is 2. The summed E-state index contributed by atoms with van der Waals surface area (Å²) in [6.07, 6.45) is 7.84. The molecule has 0 rings (SSSR count). The summed E-state index contributed by atoms with van der Waals surface area (Å²) in [5.41, 5.74) is 0. The molecule has 0 aliphatic carbocycles. The number of hydrogen-bond donors (Lipinski definition) is 0. The molecule has 0 heterocycles. The van der Waals surface area contributed by atoms with E-state index in [9.17, 15) is 14.5 Å². The van der Waals surface area contributed by atoms with E-state index in [1.165, 1.54) is 0 Å². The average Bonchev–Trinajstić information content (AvgIpc) is 2.66. The molecule has 6 heteroatoms. The molecule has 26 heavy (non-hydrogen) atoms. The van der Waals surface area contributed by atoms with Gasteiger partial charge in [-0.05, 0) is 24.7 Å². The average molecular weight is 372 g/mol. The Bertz CT molecular complexity index is 400. The minimum absolute atomic E-state index is 0.269. The fourth-order valence-corrected chi connectivity index (χ4v) is 2.68. The summed E-state index contributed by atoms with van der Waals surface area (Å²) in [6.45, 7) is 8.93. The highest BCUT2D eigenvalue weighted by Gasteiger charge is 2.26. The van der Waals surface area contributed by atoms with Crippen LogP contribution in [0.3, 0.4) is 0 Å². The van der Waals surface area contributed by atoms with Crippen LogP contribution >= 0.6 is 0 Å². The Labute approximate surface area is 158 Å². The van der Waals surface area contributed by atoms with E-state index >= 15 is 0 Å². The van der Waals surface area contributed by atoms with Crippen molar-refractivity contribution < 1.29 is 19.1 Å². The van der Waals surface area contributed by atoms with Crippen molar-refractivity contribution in [3.63, 3.8) is 0 Å². The van der Waals surface area contributed by atoms with E-state index in [0.717, 1.165) is 51.4 Å². The van der Waals surface area contributed by atoms with E-state index in [-0.39, 0.29) is 18.9 Å². The van der Waals surface area contributed by atoms with Crippen molar-refractivity contribution in [2.24, 2.45) is 17.0 Å². The van der Waals surface area contributed by atoms with E-state index in [4.69, 9.17) is 9.47 Å². The quantitative estimate of drug-likeness (QED) is 0.281. The first-order valence-corrected chi connectivity index (χ1v) is 10.2. The number of unbranched alkanes of at least 4 members (excludes halogenated alkanes) is 2. The van der Waals surface area contributed by atoms with Gasteiger partial charge in [0.2, 0.25) is 0 Å². The highest BCUT2D eigenvalue weighted by atomic mass is 16.5. The number of rotatable bonds is 16. The second-order valence-corrected chi connectivity index (χ2v) is 6.97. The van der Waals surface area contributed by atoms with Gasteiger partial charge < -0.3 is 9.47 Å². The monoisotopic (exact) mass is 371 g/mol. The van der Waals surface area contributed by atoms with Crippen LogP contribution < -0.4 is 0 Å². The van der Waals surface area contributed by atoms with Gasteiger partial charge in [0.1, 0.15) is 0 Å². The van der Waals surface area contributed by atoms with Crippen molar-refractivity contribution in [2.45, 2.75) is 91.5 Å². The molecular formula is C20H37NO5. The fraction of sp³-hybridized carbons (Fsp3) is 0.900. The van der Waals surface area contributed by atoms with Crippen molar-refractivity contribution in [3.05, 3.63) is 4.91 Å². The van der Waals surface area contributed by atoms with Crippen LogP contribution in [0.25, 0.3) is 0 Å². The number of ether oxygens (including phenoxy) is 2. The Morgan fingerprint density at radius 3 is 1.77 bits per heavy atom. The highest BCUT2D eigenvalue weighted by Crippen LogP contribution is 2.15. The predicted octanol–water partition coefficient (Wildman–Crippen LogP) is 5.03. The first-order valence-electron chi connectivity index (χ1n) is 10.2. The number of carbonyl (C=O) groups excluding carboxylic acids is 2. The van der Waals surface area contributed by atoms with Crippen LogP contribution in [0.4, 0.5) is 0 Å². The predicted molar refractivity (Wildman–Crippen MR) is 103 cm³/mol. The SMILES string of the molecule is CCCCC(CC)COC(=O)CC(N=O)C(=O)OCC(CC)CCCC. The molecule has 3 unspecified atom stereocenters. The standard InChI is InChI=1S/C20H37NO5/c1-5-9-11-16(7-3)14-25-19(22)13-18(21-24)20(23)26-15-17(8-4)12-10-6-2/h16-18H,5-15H2,1-4H3. The third-order valence-corrected chi connectivity index (χ3v) is 4.79.